The molecule has 0 saturated carbocycles. The maximum atomic E-state index is 12.0. The number of anilines is 2. The molecule has 122 valence electrons. The van der Waals surface area contributed by atoms with Crippen LogP contribution in [-0.4, -0.2) is 44.2 Å². The van der Waals surface area contributed by atoms with E-state index in [1.165, 1.54) is 17.5 Å². The molecule has 8 heteroatoms. The van der Waals surface area contributed by atoms with Crippen LogP contribution in [0.4, 0.5) is 11.5 Å². The van der Waals surface area contributed by atoms with Gasteiger partial charge in [0.2, 0.25) is 5.91 Å². The number of carbonyl (C=O) groups is 1. The van der Waals surface area contributed by atoms with Gasteiger partial charge in [-0.1, -0.05) is 6.92 Å². The molecule has 0 unspecified atom stereocenters. The van der Waals surface area contributed by atoms with Crippen molar-refractivity contribution in [3.05, 3.63) is 24.2 Å². The maximum Gasteiger partial charge on any atom is 0.232 e. The summed E-state index contributed by atoms with van der Waals surface area (Å²) < 4.78 is 1.48. The van der Waals surface area contributed by atoms with Gasteiger partial charge in [0, 0.05) is 20.1 Å². The lowest BCUT2D eigenvalue weighted by atomic mass is 9.99. The van der Waals surface area contributed by atoms with Gasteiger partial charge in [-0.25, -0.2) is 9.67 Å². The molecule has 23 heavy (non-hydrogen) atoms. The number of hydrogen-bond donors (Lipinski definition) is 1. The van der Waals surface area contributed by atoms with E-state index in [1.807, 2.05) is 12.1 Å². The molecule has 2 aromatic heterocycles. The predicted octanol–water partition coefficient (Wildman–Crippen LogP) is 1.02. The molecule has 1 N–H and O–H groups in total. The van der Waals surface area contributed by atoms with E-state index in [-0.39, 0.29) is 12.3 Å². The van der Waals surface area contributed by atoms with Crippen LogP contribution >= 0.6 is 0 Å². The van der Waals surface area contributed by atoms with Crippen molar-refractivity contribution in [1.29, 1.82) is 0 Å². The van der Waals surface area contributed by atoms with E-state index in [2.05, 4.69) is 37.6 Å². The van der Waals surface area contributed by atoms with Gasteiger partial charge < -0.3 is 10.2 Å². The summed E-state index contributed by atoms with van der Waals surface area (Å²) in [6.45, 7) is 4.37. The number of aryl methyl sites for hydroxylation is 1. The summed E-state index contributed by atoms with van der Waals surface area (Å²) >= 11 is 0. The molecule has 3 heterocycles. The zero-order valence-corrected chi connectivity index (χ0v) is 13.4. The topological polar surface area (TPSA) is 88.8 Å². The minimum atomic E-state index is -0.163. The van der Waals surface area contributed by atoms with E-state index in [9.17, 15) is 4.79 Å². The van der Waals surface area contributed by atoms with E-state index in [0.29, 0.717) is 11.5 Å². The third kappa shape index (κ3) is 3.82. The van der Waals surface area contributed by atoms with Crippen molar-refractivity contribution in [2.45, 2.75) is 26.2 Å². The molecular formula is C15H21N7O. The number of rotatable bonds is 4. The molecule has 1 fully saturated rings. The average molecular weight is 315 g/mol. The summed E-state index contributed by atoms with van der Waals surface area (Å²) in [4.78, 5) is 18.7. The maximum absolute atomic E-state index is 12.0. The van der Waals surface area contributed by atoms with Crippen molar-refractivity contribution >= 4 is 17.4 Å². The van der Waals surface area contributed by atoms with Gasteiger partial charge in [0.1, 0.15) is 5.82 Å². The Morgan fingerprint density at radius 1 is 1.35 bits per heavy atom. The van der Waals surface area contributed by atoms with Gasteiger partial charge in [-0.3, -0.25) is 4.79 Å². The van der Waals surface area contributed by atoms with Crippen LogP contribution in [0.25, 0.3) is 0 Å². The van der Waals surface area contributed by atoms with Crippen LogP contribution in [0.1, 0.15) is 25.6 Å². The summed E-state index contributed by atoms with van der Waals surface area (Å²) in [7, 11) is 1.71. The first-order chi connectivity index (χ1) is 11.1. The van der Waals surface area contributed by atoms with E-state index in [0.717, 1.165) is 24.8 Å². The van der Waals surface area contributed by atoms with Gasteiger partial charge in [-0.15, -0.1) is 5.10 Å². The number of hydrogen-bond acceptors (Lipinski definition) is 6. The number of nitrogens with zero attached hydrogens (tertiary/aromatic N) is 6. The highest BCUT2D eigenvalue weighted by Gasteiger charge is 2.17. The summed E-state index contributed by atoms with van der Waals surface area (Å²) in [5.74, 6) is 2.12. The molecular weight excluding hydrogens is 294 g/mol. The van der Waals surface area contributed by atoms with Crippen LogP contribution in [-0.2, 0) is 18.3 Å². The van der Waals surface area contributed by atoms with Crippen molar-refractivity contribution in [1.82, 2.24) is 25.2 Å². The monoisotopic (exact) mass is 315 g/mol. The average Bonchev–Trinajstić information content (AvgIpc) is 2.94. The molecule has 1 aliphatic heterocycles. The van der Waals surface area contributed by atoms with Crippen LogP contribution in [0.3, 0.4) is 0 Å². The third-order valence-corrected chi connectivity index (χ3v) is 4.17. The second-order valence-corrected chi connectivity index (χ2v) is 6.02. The first-order valence-electron chi connectivity index (χ1n) is 7.84. The molecule has 8 nitrogen and oxygen atoms in total. The number of aromatic nitrogens is 5. The van der Waals surface area contributed by atoms with Crippen LogP contribution < -0.4 is 10.2 Å². The van der Waals surface area contributed by atoms with Crippen molar-refractivity contribution in [2.75, 3.05) is 23.3 Å². The number of piperidine rings is 1. The first-order valence-corrected chi connectivity index (χ1v) is 7.84. The molecule has 0 radical (unpaired) electrons. The Balaban J connectivity index is 1.57. The summed E-state index contributed by atoms with van der Waals surface area (Å²) in [5.41, 5.74) is 0.680. The molecule has 0 bridgehead atoms. The van der Waals surface area contributed by atoms with E-state index in [1.54, 1.807) is 13.2 Å². The molecule has 2 aromatic rings. The standard InChI is InChI=1S/C15H21N7O/c1-11-5-7-22(8-6-11)13-4-3-12(10-16-13)17-15(23)9-14-18-19-20-21(14)2/h3-4,10-11H,5-9H2,1-2H3,(H,17,23). The second kappa shape index (κ2) is 6.72. The molecule has 3 rings (SSSR count). The highest BCUT2D eigenvalue weighted by Crippen LogP contribution is 2.22. The van der Waals surface area contributed by atoms with Gasteiger partial charge >= 0.3 is 0 Å². The van der Waals surface area contributed by atoms with Gasteiger partial charge in [0.25, 0.3) is 0 Å². The highest BCUT2D eigenvalue weighted by molar-refractivity contribution is 5.91. The summed E-state index contributed by atoms with van der Waals surface area (Å²) in [5, 5.41) is 13.8. The van der Waals surface area contributed by atoms with Crippen molar-refractivity contribution in [3.8, 4) is 0 Å². The van der Waals surface area contributed by atoms with Crippen LogP contribution in [0.5, 0.6) is 0 Å². The van der Waals surface area contributed by atoms with Crippen LogP contribution in [0, 0.1) is 5.92 Å². The molecule has 1 saturated heterocycles. The van der Waals surface area contributed by atoms with Crippen molar-refractivity contribution in [2.24, 2.45) is 13.0 Å². The Kier molecular flexibility index (Phi) is 4.50. The van der Waals surface area contributed by atoms with E-state index >= 15 is 0 Å². The Morgan fingerprint density at radius 2 is 2.13 bits per heavy atom. The fraction of sp³-hybridized carbons (Fsp3) is 0.533. The molecule has 0 spiro atoms. The number of tetrazole rings is 1. The van der Waals surface area contributed by atoms with Crippen molar-refractivity contribution < 1.29 is 4.79 Å². The Labute approximate surface area is 134 Å². The largest absolute Gasteiger partial charge is 0.357 e. The third-order valence-electron chi connectivity index (χ3n) is 4.17. The minimum Gasteiger partial charge on any atom is -0.357 e. The summed E-state index contributed by atoms with van der Waals surface area (Å²) in [6, 6.07) is 3.84. The highest BCUT2D eigenvalue weighted by atomic mass is 16.1. The lowest BCUT2D eigenvalue weighted by Gasteiger charge is -2.31. The fourth-order valence-corrected chi connectivity index (χ4v) is 2.63. The molecule has 1 amide bonds. The Morgan fingerprint density at radius 3 is 2.74 bits per heavy atom. The number of amides is 1. The quantitative estimate of drug-likeness (QED) is 0.906. The van der Waals surface area contributed by atoms with Crippen LogP contribution in [0.2, 0.25) is 0 Å². The minimum absolute atomic E-state index is 0.134. The second-order valence-electron chi connectivity index (χ2n) is 6.02. The molecule has 0 aliphatic carbocycles. The lowest BCUT2D eigenvalue weighted by Crippen LogP contribution is -2.33. The lowest BCUT2D eigenvalue weighted by molar-refractivity contribution is -0.115. The zero-order chi connectivity index (χ0) is 16.2. The number of carbonyl (C=O) groups excluding carboxylic acids is 1. The Bertz CT molecular complexity index is 659. The van der Waals surface area contributed by atoms with Gasteiger partial charge in [0.15, 0.2) is 5.82 Å². The summed E-state index contributed by atoms with van der Waals surface area (Å²) in [6.07, 6.45) is 4.23. The first kappa shape index (κ1) is 15.4. The van der Waals surface area contributed by atoms with Crippen LogP contribution in [0.15, 0.2) is 18.3 Å². The normalized spacial score (nSPS) is 15.7. The van der Waals surface area contributed by atoms with Crippen molar-refractivity contribution in [3.63, 3.8) is 0 Å². The predicted molar refractivity (Wildman–Crippen MR) is 86.0 cm³/mol. The Hall–Kier alpha value is -2.51. The molecule has 1 aliphatic rings. The fourth-order valence-electron chi connectivity index (χ4n) is 2.63. The smallest absolute Gasteiger partial charge is 0.232 e. The van der Waals surface area contributed by atoms with Gasteiger partial charge in [0.05, 0.1) is 18.3 Å². The zero-order valence-electron chi connectivity index (χ0n) is 13.4. The van der Waals surface area contributed by atoms with Gasteiger partial charge in [-0.2, -0.15) is 0 Å². The molecule has 0 aromatic carbocycles. The number of nitrogens with one attached hydrogen (secondary N) is 1. The van der Waals surface area contributed by atoms with E-state index in [4.69, 9.17) is 0 Å². The SMILES string of the molecule is CC1CCN(c2ccc(NC(=O)Cc3nnnn3C)cn2)CC1. The van der Waals surface area contributed by atoms with Gasteiger partial charge in [-0.05, 0) is 41.3 Å². The van der Waals surface area contributed by atoms with E-state index < -0.39 is 0 Å². The molecule has 0 atom stereocenters. The number of pyridine rings is 1.